The number of nitrogens with one attached hydrogen (secondary N) is 2. The number of amides is 1. The van der Waals surface area contributed by atoms with Gasteiger partial charge < -0.3 is 5.32 Å². The monoisotopic (exact) mass is 334 g/mol. The highest BCUT2D eigenvalue weighted by Crippen LogP contribution is 2.19. The Morgan fingerprint density at radius 2 is 2.00 bits per heavy atom. The first kappa shape index (κ1) is 15.5. The van der Waals surface area contributed by atoms with Gasteiger partial charge in [0.2, 0.25) is 5.91 Å². The molecule has 2 aromatic rings. The van der Waals surface area contributed by atoms with Crippen molar-refractivity contribution in [2.24, 2.45) is 7.05 Å². The van der Waals surface area contributed by atoms with Gasteiger partial charge in [0, 0.05) is 25.0 Å². The lowest BCUT2D eigenvalue weighted by Gasteiger charge is -2.07. The highest BCUT2D eigenvalue weighted by atomic mass is 32.2. The molecule has 1 aliphatic rings. The summed E-state index contributed by atoms with van der Waals surface area (Å²) in [5.41, 5.74) is 1.28. The fraction of sp³-hybridized carbons (Fsp3) is 0.333. The third kappa shape index (κ3) is 4.10. The number of hydrogen-bond acceptors (Lipinski definition) is 4. The maximum atomic E-state index is 12.2. The van der Waals surface area contributed by atoms with Crippen LogP contribution >= 0.6 is 0 Å². The average Bonchev–Trinajstić information content (AvgIpc) is 3.18. The Morgan fingerprint density at radius 3 is 2.57 bits per heavy atom. The molecule has 0 spiro atoms. The molecular formula is C15H18N4O3S. The number of carbonyl (C=O) groups excluding carboxylic acids is 1. The van der Waals surface area contributed by atoms with Crippen LogP contribution < -0.4 is 10.0 Å². The molecule has 1 aliphatic carbocycles. The molecule has 7 nitrogen and oxygen atoms in total. The van der Waals surface area contributed by atoms with Crippen molar-refractivity contribution in [1.82, 2.24) is 15.1 Å². The van der Waals surface area contributed by atoms with Crippen molar-refractivity contribution in [2.75, 3.05) is 4.72 Å². The third-order valence-electron chi connectivity index (χ3n) is 3.50. The van der Waals surface area contributed by atoms with Crippen LogP contribution in [0.1, 0.15) is 18.4 Å². The number of nitrogens with zero attached hydrogens (tertiary/aromatic N) is 2. The van der Waals surface area contributed by atoms with Gasteiger partial charge in [0.25, 0.3) is 10.0 Å². The summed E-state index contributed by atoms with van der Waals surface area (Å²) in [7, 11) is -2.00. The van der Waals surface area contributed by atoms with Crippen LogP contribution in [0.4, 0.5) is 5.69 Å². The van der Waals surface area contributed by atoms with E-state index in [0.717, 1.165) is 18.4 Å². The molecule has 1 fully saturated rings. The van der Waals surface area contributed by atoms with Crippen LogP contribution in [-0.2, 0) is 28.3 Å². The zero-order chi connectivity index (χ0) is 16.4. The molecule has 1 aromatic carbocycles. The molecule has 122 valence electrons. The van der Waals surface area contributed by atoms with Crippen LogP contribution in [0.25, 0.3) is 0 Å². The lowest BCUT2D eigenvalue weighted by Crippen LogP contribution is -2.26. The van der Waals surface area contributed by atoms with Gasteiger partial charge in [0.1, 0.15) is 4.90 Å². The first-order valence-electron chi connectivity index (χ1n) is 7.32. The molecule has 1 heterocycles. The van der Waals surface area contributed by atoms with Crippen molar-refractivity contribution < 1.29 is 13.2 Å². The second kappa shape index (κ2) is 6.04. The van der Waals surface area contributed by atoms with Gasteiger partial charge in [-0.3, -0.25) is 14.2 Å². The molecule has 1 saturated carbocycles. The molecule has 1 aromatic heterocycles. The zero-order valence-electron chi connectivity index (χ0n) is 12.7. The molecule has 0 radical (unpaired) electrons. The molecule has 1 amide bonds. The van der Waals surface area contributed by atoms with E-state index in [4.69, 9.17) is 0 Å². The summed E-state index contributed by atoms with van der Waals surface area (Å²) in [5.74, 6) is -0.00353. The largest absolute Gasteiger partial charge is 0.353 e. The lowest BCUT2D eigenvalue weighted by molar-refractivity contribution is -0.120. The number of sulfonamides is 1. The van der Waals surface area contributed by atoms with Gasteiger partial charge in [-0.1, -0.05) is 12.1 Å². The van der Waals surface area contributed by atoms with Gasteiger partial charge in [-0.15, -0.1) is 0 Å². The molecular weight excluding hydrogens is 316 g/mol. The van der Waals surface area contributed by atoms with Gasteiger partial charge >= 0.3 is 0 Å². The smallest absolute Gasteiger partial charge is 0.265 e. The second-order valence-electron chi connectivity index (χ2n) is 5.67. The van der Waals surface area contributed by atoms with Gasteiger partial charge in [0.15, 0.2) is 0 Å². The van der Waals surface area contributed by atoms with Crippen molar-refractivity contribution in [3.05, 3.63) is 42.2 Å². The summed E-state index contributed by atoms with van der Waals surface area (Å²) in [4.78, 5) is 11.8. The minimum absolute atomic E-state index is 0.00353. The number of anilines is 1. The van der Waals surface area contributed by atoms with Crippen molar-refractivity contribution in [1.29, 1.82) is 0 Å². The normalized spacial score (nSPS) is 14.5. The highest BCUT2D eigenvalue weighted by Gasteiger charge is 2.23. The fourth-order valence-corrected chi connectivity index (χ4v) is 3.18. The van der Waals surface area contributed by atoms with Crippen LogP contribution in [0, 0.1) is 0 Å². The van der Waals surface area contributed by atoms with E-state index >= 15 is 0 Å². The first-order valence-corrected chi connectivity index (χ1v) is 8.80. The standard InChI is InChI=1S/C15H18N4O3S/c1-19-10-14(9-16-19)23(21,22)18-13-4-2-11(3-5-13)8-15(20)17-12-6-7-12/h2-5,9-10,12,18H,6-8H2,1H3,(H,17,20). The number of carbonyl (C=O) groups is 1. The summed E-state index contributed by atoms with van der Waals surface area (Å²) in [5, 5.41) is 6.77. The third-order valence-corrected chi connectivity index (χ3v) is 4.84. The van der Waals surface area contributed by atoms with Crippen molar-refractivity contribution in [2.45, 2.75) is 30.2 Å². The number of aromatic nitrogens is 2. The Hall–Kier alpha value is -2.35. The molecule has 0 aliphatic heterocycles. The Morgan fingerprint density at radius 1 is 1.30 bits per heavy atom. The van der Waals surface area contributed by atoms with Crippen LogP contribution in [0.3, 0.4) is 0 Å². The number of benzene rings is 1. The predicted molar refractivity (Wildman–Crippen MR) is 85.3 cm³/mol. The summed E-state index contributed by atoms with van der Waals surface area (Å²) >= 11 is 0. The van der Waals surface area contributed by atoms with E-state index in [9.17, 15) is 13.2 Å². The fourth-order valence-electron chi connectivity index (χ4n) is 2.13. The summed E-state index contributed by atoms with van der Waals surface area (Å²) < 4.78 is 28.3. The van der Waals surface area contributed by atoms with Crippen LogP contribution in [0.15, 0.2) is 41.6 Å². The molecule has 23 heavy (non-hydrogen) atoms. The van der Waals surface area contributed by atoms with E-state index in [1.165, 1.54) is 17.1 Å². The van der Waals surface area contributed by atoms with E-state index in [0.29, 0.717) is 18.2 Å². The quantitative estimate of drug-likeness (QED) is 0.825. The summed E-state index contributed by atoms with van der Waals surface area (Å²) in [6.07, 6.45) is 5.13. The van der Waals surface area contributed by atoms with Crippen molar-refractivity contribution >= 4 is 21.6 Å². The van der Waals surface area contributed by atoms with E-state index < -0.39 is 10.0 Å². The average molecular weight is 334 g/mol. The van der Waals surface area contributed by atoms with Crippen LogP contribution in [0.5, 0.6) is 0 Å². The van der Waals surface area contributed by atoms with E-state index in [-0.39, 0.29) is 10.8 Å². The van der Waals surface area contributed by atoms with Gasteiger partial charge in [-0.05, 0) is 30.5 Å². The molecule has 0 saturated heterocycles. The molecule has 0 bridgehead atoms. The molecule has 8 heteroatoms. The topological polar surface area (TPSA) is 93.1 Å². The Bertz CT molecular complexity index is 808. The molecule has 0 unspecified atom stereocenters. The molecule has 0 atom stereocenters. The van der Waals surface area contributed by atoms with E-state index in [1.807, 2.05) is 0 Å². The van der Waals surface area contributed by atoms with Gasteiger partial charge in [-0.2, -0.15) is 5.10 Å². The number of rotatable bonds is 6. The van der Waals surface area contributed by atoms with Crippen LogP contribution in [-0.4, -0.2) is 30.1 Å². The Balaban J connectivity index is 1.63. The lowest BCUT2D eigenvalue weighted by atomic mass is 10.1. The number of hydrogen-bond donors (Lipinski definition) is 2. The summed E-state index contributed by atoms with van der Waals surface area (Å²) in [6, 6.07) is 7.12. The van der Waals surface area contributed by atoms with Crippen molar-refractivity contribution in [3.8, 4) is 0 Å². The maximum Gasteiger partial charge on any atom is 0.265 e. The molecule has 2 N–H and O–H groups in total. The Labute approximate surface area is 134 Å². The highest BCUT2D eigenvalue weighted by molar-refractivity contribution is 7.92. The minimum atomic E-state index is -3.65. The maximum absolute atomic E-state index is 12.2. The van der Waals surface area contributed by atoms with E-state index in [2.05, 4.69) is 15.1 Å². The van der Waals surface area contributed by atoms with Crippen LogP contribution in [0.2, 0.25) is 0 Å². The van der Waals surface area contributed by atoms with Crippen molar-refractivity contribution in [3.63, 3.8) is 0 Å². The summed E-state index contributed by atoms with van der Waals surface area (Å²) in [6.45, 7) is 0. The first-order chi connectivity index (χ1) is 10.9. The zero-order valence-corrected chi connectivity index (χ0v) is 13.5. The van der Waals surface area contributed by atoms with E-state index in [1.54, 1.807) is 31.3 Å². The second-order valence-corrected chi connectivity index (χ2v) is 7.35. The van der Waals surface area contributed by atoms with Gasteiger partial charge in [0.05, 0.1) is 12.6 Å². The Kier molecular flexibility index (Phi) is 4.08. The SMILES string of the molecule is Cn1cc(S(=O)(=O)Nc2ccc(CC(=O)NC3CC3)cc2)cn1. The predicted octanol–water partition coefficient (Wildman–Crippen LogP) is 1.04. The molecule has 3 rings (SSSR count). The minimum Gasteiger partial charge on any atom is -0.353 e. The number of aryl methyl sites for hydroxylation is 1. The van der Waals surface area contributed by atoms with Gasteiger partial charge in [-0.25, -0.2) is 8.42 Å².